The van der Waals surface area contributed by atoms with Gasteiger partial charge in [0.1, 0.15) is 11.5 Å². The molecule has 0 fully saturated rings. The monoisotopic (exact) mass is 367 g/mol. The highest BCUT2D eigenvalue weighted by molar-refractivity contribution is 7.99. The average molecular weight is 368 g/mol. The van der Waals surface area contributed by atoms with Crippen molar-refractivity contribution in [3.8, 4) is 11.5 Å². The predicted octanol–water partition coefficient (Wildman–Crippen LogP) is 5.73. The van der Waals surface area contributed by atoms with Gasteiger partial charge in [-0.25, -0.2) is 4.98 Å². The lowest BCUT2D eigenvalue weighted by molar-refractivity contribution is 0.318. The van der Waals surface area contributed by atoms with Gasteiger partial charge >= 0.3 is 0 Å². The maximum absolute atomic E-state index is 5.78. The van der Waals surface area contributed by atoms with Gasteiger partial charge in [-0.1, -0.05) is 11.6 Å². The first kappa shape index (κ1) is 18.6. The van der Waals surface area contributed by atoms with Crippen LogP contribution in [0.2, 0.25) is 0 Å². The molecule has 3 rings (SSSR count). The molecule has 0 aliphatic rings. The third-order valence-corrected chi connectivity index (χ3v) is 5.30. The van der Waals surface area contributed by atoms with Crippen molar-refractivity contribution in [1.82, 2.24) is 4.98 Å². The van der Waals surface area contributed by atoms with E-state index in [-0.39, 0.29) is 0 Å². The summed E-state index contributed by atoms with van der Waals surface area (Å²) in [5.74, 6) is 2.71. The largest absolute Gasteiger partial charge is 0.497 e. The van der Waals surface area contributed by atoms with Gasteiger partial charge in [0.25, 0.3) is 0 Å². The summed E-state index contributed by atoms with van der Waals surface area (Å²) in [6, 6.07) is 14.3. The number of hydrogen-bond acceptors (Lipinski definition) is 4. The molecule has 0 bridgehead atoms. The van der Waals surface area contributed by atoms with Gasteiger partial charge < -0.3 is 9.47 Å². The normalized spacial score (nSPS) is 10.9. The number of aromatic nitrogens is 1. The molecular weight excluding hydrogens is 342 g/mol. The van der Waals surface area contributed by atoms with Crippen molar-refractivity contribution < 1.29 is 9.47 Å². The van der Waals surface area contributed by atoms with Crippen LogP contribution in [0.3, 0.4) is 0 Å². The van der Waals surface area contributed by atoms with Gasteiger partial charge in [-0.2, -0.15) is 0 Å². The molecule has 0 aliphatic heterocycles. The van der Waals surface area contributed by atoms with Gasteiger partial charge in [-0.3, -0.25) is 0 Å². The second kappa shape index (κ2) is 8.45. The summed E-state index contributed by atoms with van der Waals surface area (Å²) in [6.07, 6.45) is 0.975. The van der Waals surface area contributed by atoms with Gasteiger partial charge in [-0.05, 0) is 74.7 Å². The fourth-order valence-corrected chi connectivity index (χ4v) is 3.87. The second-order valence-electron chi connectivity index (χ2n) is 6.48. The van der Waals surface area contributed by atoms with E-state index < -0.39 is 0 Å². The molecule has 1 aromatic heterocycles. The molecule has 0 aliphatic carbocycles. The lowest BCUT2D eigenvalue weighted by Gasteiger charge is -2.10. The van der Waals surface area contributed by atoms with Crippen molar-refractivity contribution in [2.45, 2.75) is 32.2 Å². The highest BCUT2D eigenvalue weighted by Gasteiger charge is 2.07. The van der Waals surface area contributed by atoms with Crippen LogP contribution in [-0.2, 0) is 0 Å². The van der Waals surface area contributed by atoms with Gasteiger partial charge in [0.15, 0.2) is 0 Å². The van der Waals surface area contributed by atoms with Crippen molar-refractivity contribution >= 4 is 22.7 Å². The second-order valence-corrected chi connectivity index (χ2v) is 7.60. The zero-order valence-corrected chi connectivity index (χ0v) is 16.7. The fraction of sp³-hybridized carbons (Fsp3) is 0.318. The van der Waals surface area contributed by atoms with E-state index in [1.165, 1.54) is 22.1 Å². The first-order valence-electron chi connectivity index (χ1n) is 8.85. The van der Waals surface area contributed by atoms with E-state index in [0.717, 1.165) is 34.2 Å². The molecule has 0 N–H and O–H groups in total. The molecule has 26 heavy (non-hydrogen) atoms. The van der Waals surface area contributed by atoms with Crippen LogP contribution >= 0.6 is 11.8 Å². The van der Waals surface area contributed by atoms with Crippen LogP contribution < -0.4 is 9.47 Å². The minimum atomic E-state index is 0.699. The maximum atomic E-state index is 5.78. The maximum Gasteiger partial charge on any atom is 0.119 e. The molecule has 0 spiro atoms. The topological polar surface area (TPSA) is 31.4 Å². The van der Waals surface area contributed by atoms with Crippen LogP contribution in [0.15, 0.2) is 47.5 Å². The van der Waals surface area contributed by atoms with Gasteiger partial charge in [0.2, 0.25) is 0 Å². The summed E-state index contributed by atoms with van der Waals surface area (Å²) in [6.45, 7) is 7.14. The van der Waals surface area contributed by atoms with E-state index in [0.29, 0.717) is 6.61 Å². The van der Waals surface area contributed by atoms with E-state index >= 15 is 0 Å². The van der Waals surface area contributed by atoms with Crippen LogP contribution in [0.4, 0.5) is 0 Å². The molecule has 3 aromatic rings. The number of methoxy groups -OCH3 is 1. The zero-order chi connectivity index (χ0) is 18.5. The summed E-state index contributed by atoms with van der Waals surface area (Å²) in [4.78, 5) is 4.86. The standard InChI is InChI=1S/C22H25NO2S/c1-15-12-17(3)22-20(13-15)16(2)14-21(23-22)26-11-5-10-25-19-8-6-18(24-4)7-9-19/h6-9,12-14H,5,10-11H2,1-4H3. The first-order chi connectivity index (χ1) is 12.6. The fourth-order valence-electron chi connectivity index (χ4n) is 2.99. The molecule has 4 heteroatoms. The van der Waals surface area contributed by atoms with Crippen molar-refractivity contribution in [3.05, 3.63) is 59.2 Å². The smallest absolute Gasteiger partial charge is 0.119 e. The Balaban J connectivity index is 1.54. The Hall–Kier alpha value is -2.20. The quantitative estimate of drug-likeness (QED) is 0.394. The van der Waals surface area contributed by atoms with Crippen LogP contribution in [-0.4, -0.2) is 24.5 Å². The van der Waals surface area contributed by atoms with Crippen molar-refractivity contribution in [2.75, 3.05) is 19.5 Å². The minimum absolute atomic E-state index is 0.699. The van der Waals surface area contributed by atoms with E-state index in [9.17, 15) is 0 Å². The Morgan fingerprint density at radius 1 is 0.923 bits per heavy atom. The summed E-state index contributed by atoms with van der Waals surface area (Å²) in [7, 11) is 1.66. The lowest BCUT2D eigenvalue weighted by atomic mass is 10.0. The Bertz CT molecular complexity index is 891. The van der Waals surface area contributed by atoms with Crippen molar-refractivity contribution in [1.29, 1.82) is 0 Å². The molecule has 0 amide bonds. The van der Waals surface area contributed by atoms with Crippen LogP contribution in [0.1, 0.15) is 23.1 Å². The molecule has 0 saturated heterocycles. The molecule has 0 saturated carbocycles. The first-order valence-corrected chi connectivity index (χ1v) is 9.83. The molecule has 2 aromatic carbocycles. The number of nitrogens with zero attached hydrogens (tertiary/aromatic N) is 1. The number of fused-ring (bicyclic) bond motifs is 1. The molecule has 136 valence electrons. The summed E-state index contributed by atoms with van der Waals surface area (Å²) >= 11 is 1.79. The Kier molecular flexibility index (Phi) is 6.04. The molecule has 1 heterocycles. The third-order valence-electron chi connectivity index (χ3n) is 4.30. The van der Waals surface area contributed by atoms with Gasteiger partial charge in [-0.15, -0.1) is 11.8 Å². The van der Waals surface area contributed by atoms with E-state index in [2.05, 4.69) is 39.0 Å². The van der Waals surface area contributed by atoms with Crippen LogP contribution in [0.5, 0.6) is 11.5 Å². The predicted molar refractivity (Wildman–Crippen MR) is 110 cm³/mol. The van der Waals surface area contributed by atoms with Gasteiger partial charge in [0, 0.05) is 11.1 Å². The SMILES string of the molecule is COc1ccc(OCCCSc2cc(C)c3cc(C)cc(C)c3n2)cc1. The van der Waals surface area contributed by atoms with Gasteiger partial charge in [0.05, 0.1) is 24.3 Å². The Labute approximate surface area is 159 Å². The Morgan fingerprint density at radius 2 is 1.65 bits per heavy atom. The number of pyridine rings is 1. The number of benzene rings is 2. The third kappa shape index (κ3) is 4.50. The number of ether oxygens (including phenoxy) is 2. The van der Waals surface area contributed by atoms with E-state index in [4.69, 9.17) is 14.5 Å². The summed E-state index contributed by atoms with van der Waals surface area (Å²) in [5.41, 5.74) is 4.94. The van der Waals surface area contributed by atoms with Crippen LogP contribution in [0, 0.1) is 20.8 Å². The molecule has 0 unspecified atom stereocenters. The summed E-state index contributed by atoms with van der Waals surface area (Å²) in [5, 5.41) is 2.35. The molecular formula is C22H25NO2S. The number of rotatable bonds is 7. The number of thioether (sulfide) groups is 1. The average Bonchev–Trinajstić information content (AvgIpc) is 2.63. The summed E-state index contributed by atoms with van der Waals surface area (Å²) < 4.78 is 10.9. The highest BCUT2D eigenvalue weighted by Crippen LogP contribution is 2.27. The Morgan fingerprint density at radius 3 is 2.38 bits per heavy atom. The van der Waals surface area contributed by atoms with E-state index in [1.54, 1.807) is 18.9 Å². The lowest BCUT2D eigenvalue weighted by Crippen LogP contribution is -1.99. The molecule has 0 atom stereocenters. The van der Waals surface area contributed by atoms with Crippen molar-refractivity contribution in [2.24, 2.45) is 0 Å². The zero-order valence-electron chi connectivity index (χ0n) is 15.8. The molecule has 0 radical (unpaired) electrons. The number of hydrogen-bond donors (Lipinski definition) is 0. The van der Waals surface area contributed by atoms with E-state index in [1.807, 2.05) is 24.3 Å². The number of aryl methyl sites for hydroxylation is 3. The van der Waals surface area contributed by atoms with Crippen LogP contribution in [0.25, 0.3) is 10.9 Å². The highest BCUT2D eigenvalue weighted by atomic mass is 32.2. The van der Waals surface area contributed by atoms with Crippen molar-refractivity contribution in [3.63, 3.8) is 0 Å². The minimum Gasteiger partial charge on any atom is -0.497 e. The molecule has 3 nitrogen and oxygen atoms in total.